The molecule has 2 saturated carbocycles. The van der Waals surface area contributed by atoms with E-state index in [0.29, 0.717) is 5.41 Å². The van der Waals surface area contributed by atoms with Crippen LogP contribution in [-0.2, 0) is 4.79 Å². The van der Waals surface area contributed by atoms with E-state index in [1.54, 1.807) is 0 Å². The van der Waals surface area contributed by atoms with Crippen LogP contribution in [0, 0.1) is 16.7 Å². The molecule has 0 aromatic rings. The highest BCUT2D eigenvalue weighted by molar-refractivity contribution is 5.75. The van der Waals surface area contributed by atoms with Crippen LogP contribution < -0.4 is 0 Å². The molecule has 2 atom stereocenters. The third-order valence-corrected chi connectivity index (χ3v) is 3.92. The van der Waals surface area contributed by atoms with Crippen LogP contribution in [0.4, 0.5) is 0 Å². The first-order chi connectivity index (χ1) is 5.00. The minimum absolute atomic E-state index is 0.0220. The van der Waals surface area contributed by atoms with Crippen LogP contribution in [-0.4, -0.2) is 11.1 Å². The second kappa shape index (κ2) is 1.62. The number of carboxylic acid groups (broad SMARTS) is 1. The highest BCUT2D eigenvalue weighted by Crippen LogP contribution is 2.74. The fraction of sp³-hybridized carbons (Fsp3) is 0.889. The van der Waals surface area contributed by atoms with Gasteiger partial charge in [-0.2, -0.15) is 0 Å². The normalized spacial score (nSPS) is 45.1. The molecular formula is C9H14O2. The largest absolute Gasteiger partial charge is 0.481 e. The summed E-state index contributed by atoms with van der Waals surface area (Å²) in [6, 6.07) is 0. The molecule has 0 saturated heterocycles. The summed E-state index contributed by atoms with van der Waals surface area (Å²) in [7, 11) is 0. The minimum Gasteiger partial charge on any atom is -0.481 e. The Morgan fingerprint density at radius 3 is 2.18 bits per heavy atom. The van der Waals surface area contributed by atoms with E-state index in [4.69, 9.17) is 5.11 Å². The van der Waals surface area contributed by atoms with Gasteiger partial charge in [-0.1, -0.05) is 13.8 Å². The van der Waals surface area contributed by atoms with Gasteiger partial charge in [0.25, 0.3) is 0 Å². The molecule has 2 aliphatic rings. The lowest BCUT2D eigenvalue weighted by Crippen LogP contribution is -2.39. The average molecular weight is 154 g/mol. The van der Waals surface area contributed by atoms with Gasteiger partial charge in [0.15, 0.2) is 0 Å². The van der Waals surface area contributed by atoms with Gasteiger partial charge in [0, 0.05) is 0 Å². The lowest BCUT2D eigenvalue weighted by atomic mass is 9.58. The zero-order valence-electron chi connectivity index (χ0n) is 7.05. The zero-order valence-corrected chi connectivity index (χ0v) is 7.05. The fourth-order valence-electron chi connectivity index (χ4n) is 2.60. The van der Waals surface area contributed by atoms with E-state index in [0.717, 1.165) is 12.8 Å². The second-order valence-corrected chi connectivity index (χ2v) is 4.63. The van der Waals surface area contributed by atoms with Crippen LogP contribution in [0.1, 0.15) is 33.1 Å². The number of rotatable bonds is 1. The highest BCUT2D eigenvalue weighted by Gasteiger charge is 2.70. The van der Waals surface area contributed by atoms with Gasteiger partial charge in [0.1, 0.15) is 0 Å². The molecule has 62 valence electrons. The van der Waals surface area contributed by atoms with Crippen molar-refractivity contribution in [3.05, 3.63) is 0 Å². The van der Waals surface area contributed by atoms with Gasteiger partial charge < -0.3 is 5.11 Å². The Morgan fingerprint density at radius 2 is 2.09 bits per heavy atom. The molecule has 2 nitrogen and oxygen atoms in total. The van der Waals surface area contributed by atoms with Gasteiger partial charge in [-0.05, 0) is 30.1 Å². The van der Waals surface area contributed by atoms with Crippen LogP contribution in [0.2, 0.25) is 0 Å². The number of hydrogen-bond acceptors (Lipinski definition) is 1. The summed E-state index contributed by atoms with van der Waals surface area (Å²) < 4.78 is 0. The predicted octanol–water partition coefficient (Wildman–Crippen LogP) is 1.90. The molecule has 1 spiro atoms. The van der Waals surface area contributed by atoms with E-state index in [1.165, 1.54) is 6.42 Å². The molecule has 2 fully saturated rings. The number of carboxylic acids is 1. The van der Waals surface area contributed by atoms with Crippen LogP contribution in [0.3, 0.4) is 0 Å². The lowest BCUT2D eigenvalue weighted by Gasteiger charge is -2.46. The summed E-state index contributed by atoms with van der Waals surface area (Å²) in [5, 5.41) is 8.79. The first-order valence-corrected chi connectivity index (χ1v) is 4.22. The molecule has 0 radical (unpaired) electrons. The van der Waals surface area contributed by atoms with Crippen molar-refractivity contribution < 1.29 is 9.90 Å². The summed E-state index contributed by atoms with van der Waals surface area (Å²) in [4.78, 5) is 10.7. The van der Waals surface area contributed by atoms with E-state index >= 15 is 0 Å². The van der Waals surface area contributed by atoms with Crippen molar-refractivity contribution in [2.24, 2.45) is 16.7 Å². The summed E-state index contributed by atoms with van der Waals surface area (Å²) >= 11 is 0. The van der Waals surface area contributed by atoms with Crippen molar-refractivity contribution in [1.29, 1.82) is 0 Å². The van der Waals surface area contributed by atoms with Gasteiger partial charge in [0.05, 0.1) is 5.92 Å². The lowest BCUT2D eigenvalue weighted by molar-refractivity contribution is -0.141. The maximum atomic E-state index is 10.7. The van der Waals surface area contributed by atoms with Crippen molar-refractivity contribution in [1.82, 2.24) is 0 Å². The van der Waals surface area contributed by atoms with Crippen molar-refractivity contribution >= 4 is 5.97 Å². The van der Waals surface area contributed by atoms with Crippen LogP contribution in [0.25, 0.3) is 0 Å². The molecule has 0 bridgehead atoms. The summed E-state index contributed by atoms with van der Waals surface area (Å²) in [5.41, 5.74) is 0.509. The van der Waals surface area contributed by atoms with Crippen LogP contribution in [0.15, 0.2) is 0 Å². The Bertz CT molecular complexity index is 220. The van der Waals surface area contributed by atoms with Gasteiger partial charge in [-0.15, -0.1) is 0 Å². The maximum absolute atomic E-state index is 10.7. The number of aliphatic carboxylic acids is 1. The van der Waals surface area contributed by atoms with E-state index in [1.807, 2.05) is 0 Å². The predicted molar refractivity (Wildman–Crippen MR) is 41.2 cm³/mol. The SMILES string of the molecule is CC1(C)CCC12CC2C(=O)O. The standard InChI is InChI=1S/C9H14O2/c1-8(2)3-4-9(8)5-6(9)7(10)11/h6H,3-5H2,1-2H3,(H,10,11). The molecule has 0 amide bonds. The molecule has 0 heterocycles. The first-order valence-electron chi connectivity index (χ1n) is 4.22. The van der Waals surface area contributed by atoms with Crippen molar-refractivity contribution in [2.75, 3.05) is 0 Å². The quantitative estimate of drug-likeness (QED) is 0.626. The molecular weight excluding hydrogens is 140 g/mol. The molecule has 2 heteroatoms. The van der Waals surface area contributed by atoms with Crippen LogP contribution >= 0.6 is 0 Å². The van der Waals surface area contributed by atoms with Gasteiger partial charge in [-0.25, -0.2) is 0 Å². The Morgan fingerprint density at radius 1 is 1.45 bits per heavy atom. The average Bonchev–Trinajstić information content (AvgIpc) is 2.61. The van der Waals surface area contributed by atoms with Crippen LogP contribution in [0.5, 0.6) is 0 Å². The maximum Gasteiger partial charge on any atom is 0.307 e. The molecule has 2 unspecified atom stereocenters. The summed E-state index contributed by atoms with van der Waals surface area (Å²) in [5.74, 6) is -0.607. The monoisotopic (exact) mass is 154 g/mol. The Kier molecular flexibility index (Phi) is 1.05. The van der Waals surface area contributed by atoms with E-state index < -0.39 is 5.97 Å². The van der Waals surface area contributed by atoms with Crippen molar-refractivity contribution in [2.45, 2.75) is 33.1 Å². The molecule has 2 aliphatic carbocycles. The minimum atomic E-state index is -0.585. The molecule has 0 aromatic heterocycles. The summed E-state index contributed by atoms with van der Waals surface area (Å²) in [6.45, 7) is 4.39. The highest BCUT2D eigenvalue weighted by atomic mass is 16.4. The van der Waals surface area contributed by atoms with Gasteiger partial charge >= 0.3 is 5.97 Å². The molecule has 11 heavy (non-hydrogen) atoms. The molecule has 0 aromatic carbocycles. The number of carbonyl (C=O) groups is 1. The molecule has 2 rings (SSSR count). The second-order valence-electron chi connectivity index (χ2n) is 4.63. The van der Waals surface area contributed by atoms with Crippen molar-refractivity contribution in [3.63, 3.8) is 0 Å². The Balaban J connectivity index is 2.13. The number of hydrogen-bond donors (Lipinski definition) is 1. The smallest absolute Gasteiger partial charge is 0.307 e. The molecule has 1 N–H and O–H groups in total. The zero-order chi connectivity index (χ0) is 8.28. The first kappa shape index (κ1) is 7.14. The summed E-state index contributed by atoms with van der Waals surface area (Å²) in [6.07, 6.45) is 3.27. The third kappa shape index (κ3) is 0.652. The van der Waals surface area contributed by atoms with Gasteiger partial charge in [-0.3, -0.25) is 4.79 Å². The molecule has 0 aliphatic heterocycles. The van der Waals surface area contributed by atoms with E-state index in [2.05, 4.69) is 13.8 Å². The Hall–Kier alpha value is -0.530. The Labute approximate surface area is 66.6 Å². The van der Waals surface area contributed by atoms with E-state index in [9.17, 15) is 4.79 Å². The van der Waals surface area contributed by atoms with Gasteiger partial charge in [0.2, 0.25) is 0 Å². The van der Waals surface area contributed by atoms with E-state index in [-0.39, 0.29) is 11.3 Å². The van der Waals surface area contributed by atoms with Crippen molar-refractivity contribution in [3.8, 4) is 0 Å². The topological polar surface area (TPSA) is 37.3 Å². The third-order valence-electron chi connectivity index (χ3n) is 3.92. The fourth-order valence-corrected chi connectivity index (χ4v) is 2.60.